The van der Waals surface area contributed by atoms with Crippen LogP contribution in [0.3, 0.4) is 0 Å². The first-order valence-electron chi connectivity index (χ1n) is 5.76. The van der Waals surface area contributed by atoms with Crippen molar-refractivity contribution >= 4 is 11.6 Å². The van der Waals surface area contributed by atoms with Gasteiger partial charge >= 0.3 is 0 Å². The molecule has 0 aliphatic heterocycles. The highest BCUT2D eigenvalue weighted by molar-refractivity contribution is 6.33. The van der Waals surface area contributed by atoms with Gasteiger partial charge in [-0.05, 0) is 18.7 Å². The molecule has 18 heavy (non-hydrogen) atoms. The van der Waals surface area contributed by atoms with E-state index in [4.69, 9.17) is 11.6 Å². The predicted octanol–water partition coefficient (Wildman–Crippen LogP) is 2.20. The maximum atomic E-state index is 11.6. The monoisotopic (exact) mass is 263 g/mol. The molecule has 0 fully saturated rings. The number of aromatic amines is 1. The highest BCUT2D eigenvalue weighted by Gasteiger charge is 2.07. The lowest BCUT2D eigenvalue weighted by molar-refractivity contribution is 0.708. The van der Waals surface area contributed by atoms with Crippen molar-refractivity contribution in [1.82, 2.24) is 15.3 Å². The van der Waals surface area contributed by atoms with E-state index >= 15 is 0 Å². The Morgan fingerprint density at radius 3 is 2.89 bits per heavy atom. The van der Waals surface area contributed by atoms with Gasteiger partial charge in [0.05, 0.1) is 10.7 Å². The van der Waals surface area contributed by atoms with Gasteiger partial charge in [0.1, 0.15) is 5.82 Å². The first kappa shape index (κ1) is 12.8. The smallest absolute Gasteiger partial charge is 0.251 e. The molecular weight excluding hydrogens is 250 g/mol. The van der Waals surface area contributed by atoms with E-state index in [-0.39, 0.29) is 5.56 Å². The normalized spacial score (nSPS) is 10.6. The number of nitrogens with zero attached hydrogens (tertiary/aromatic N) is 1. The van der Waals surface area contributed by atoms with E-state index in [0.29, 0.717) is 23.1 Å². The van der Waals surface area contributed by atoms with E-state index in [2.05, 4.69) is 15.3 Å². The second-order valence-corrected chi connectivity index (χ2v) is 4.25. The van der Waals surface area contributed by atoms with Gasteiger partial charge in [-0.1, -0.05) is 30.7 Å². The van der Waals surface area contributed by atoms with Crippen LogP contribution in [0.25, 0.3) is 11.4 Å². The molecule has 4 nitrogen and oxygen atoms in total. The predicted molar refractivity (Wildman–Crippen MR) is 72.7 cm³/mol. The molecule has 0 amide bonds. The van der Waals surface area contributed by atoms with Crippen LogP contribution < -0.4 is 10.9 Å². The van der Waals surface area contributed by atoms with Gasteiger partial charge in [-0.15, -0.1) is 0 Å². The van der Waals surface area contributed by atoms with Crippen LogP contribution >= 0.6 is 11.6 Å². The number of rotatable bonds is 4. The topological polar surface area (TPSA) is 57.8 Å². The number of nitrogens with one attached hydrogen (secondary N) is 2. The Bertz CT molecular complexity index is 595. The van der Waals surface area contributed by atoms with Gasteiger partial charge in [-0.3, -0.25) is 4.79 Å². The lowest BCUT2D eigenvalue weighted by Gasteiger charge is -2.06. The van der Waals surface area contributed by atoms with Gasteiger partial charge < -0.3 is 10.3 Å². The number of hydrogen-bond donors (Lipinski definition) is 2. The van der Waals surface area contributed by atoms with Crippen LogP contribution in [0, 0.1) is 0 Å². The van der Waals surface area contributed by atoms with Crippen molar-refractivity contribution in [3.63, 3.8) is 0 Å². The molecule has 1 aromatic heterocycles. The molecule has 1 heterocycles. The average molecular weight is 264 g/mol. The Balaban J connectivity index is 2.42. The Morgan fingerprint density at radius 1 is 1.39 bits per heavy atom. The van der Waals surface area contributed by atoms with Gasteiger partial charge in [0, 0.05) is 18.2 Å². The zero-order chi connectivity index (χ0) is 13.0. The highest BCUT2D eigenvalue weighted by atomic mass is 35.5. The minimum Gasteiger partial charge on any atom is -0.311 e. The molecular formula is C13H14ClN3O. The summed E-state index contributed by atoms with van der Waals surface area (Å²) in [4.78, 5) is 18.7. The quantitative estimate of drug-likeness (QED) is 0.889. The fourth-order valence-electron chi connectivity index (χ4n) is 1.63. The minimum absolute atomic E-state index is 0.173. The average Bonchev–Trinajstić information content (AvgIpc) is 2.36. The third-order valence-corrected chi connectivity index (χ3v) is 2.81. The molecule has 0 aliphatic carbocycles. The molecule has 2 aromatic rings. The van der Waals surface area contributed by atoms with Crippen molar-refractivity contribution in [3.05, 3.63) is 51.4 Å². The number of aromatic nitrogens is 2. The van der Waals surface area contributed by atoms with Gasteiger partial charge in [0.15, 0.2) is 0 Å². The summed E-state index contributed by atoms with van der Waals surface area (Å²) in [6.45, 7) is 3.40. The third kappa shape index (κ3) is 2.97. The minimum atomic E-state index is -0.173. The first-order chi connectivity index (χ1) is 8.70. The fraction of sp³-hybridized carbons (Fsp3) is 0.231. The molecule has 0 radical (unpaired) electrons. The molecule has 2 N–H and O–H groups in total. The summed E-state index contributed by atoms with van der Waals surface area (Å²) in [5.74, 6) is 0.501. The van der Waals surface area contributed by atoms with Crippen LogP contribution in [-0.2, 0) is 6.54 Å². The molecule has 5 heteroatoms. The number of H-pyrrole nitrogens is 1. The second kappa shape index (κ2) is 5.80. The molecule has 2 rings (SSSR count). The van der Waals surface area contributed by atoms with Crippen LogP contribution in [0.1, 0.15) is 12.6 Å². The first-order valence-corrected chi connectivity index (χ1v) is 6.14. The van der Waals surface area contributed by atoms with Crippen molar-refractivity contribution in [3.8, 4) is 11.4 Å². The summed E-state index contributed by atoms with van der Waals surface area (Å²) in [6.07, 6.45) is 0. The maximum absolute atomic E-state index is 11.6. The van der Waals surface area contributed by atoms with Crippen LogP contribution in [0.4, 0.5) is 0 Å². The van der Waals surface area contributed by atoms with Gasteiger partial charge in [-0.25, -0.2) is 4.98 Å². The van der Waals surface area contributed by atoms with Crippen LogP contribution in [0.2, 0.25) is 5.02 Å². The number of halogens is 1. The Labute approximate surface area is 110 Å². The third-order valence-electron chi connectivity index (χ3n) is 2.48. The van der Waals surface area contributed by atoms with Crippen molar-refractivity contribution in [1.29, 1.82) is 0 Å². The maximum Gasteiger partial charge on any atom is 0.251 e. The van der Waals surface area contributed by atoms with E-state index in [1.165, 1.54) is 6.07 Å². The van der Waals surface area contributed by atoms with Crippen molar-refractivity contribution in [2.24, 2.45) is 0 Å². The van der Waals surface area contributed by atoms with E-state index in [1.807, 2.05) is 25.1 Å². The SMILES string of the molecule is CCNCc1cc(=O)[nH]c(-c2ccccc2Cl)n1. The molecule has 0 aliphatic rings. The molecule has 0 unspecified atom stereocenters. The van der Waals surface area contributed by atoms with Gasteiger partial charge in [-0.2, -0.15) is 0 Å². The Morgan fingerprint density at radius 2 is 2.17 bits per heavy atom. The molecule has 1 aromatic carbocycles. The summed E-state index contributed by atoms with van der Waals surface area (Å²) in [5, 5.41) is 3.71. The van der Waals surface area contributed by atoms with E-state index in [0.717, 1.165) is 12.1 Å². The molecule has 94 valence electrons. The van der Waals surface area contributed by atoms with Crippen LogP contribution in [0.15, 0.2) is 35.1 Å². The van der Waals surface area contributed by atoms with E-state index in [9.17, 15) is 4.79 Å². The Hall–Kier alpha value is -1.65. The second-order valence-electron chi connectivity index (χ2n) is 3.85. The summed E-state index contributed by atoms with van der Waals surface area (Å²) >= 11 is 6.09. The van der Waals surface area contributed by atoms with Crippen molar-refractivity contribution in [2.45, 2.75) is 13.5 Å². The van der Waals surface area contributed by atoms with Crippen molar-refractivity contribution < 1.29 is 0 Å². The molecule has 0 atom stereocenters. The highest BCUT2D eigenvalue weighted by Crippen LogP contribution is 2.23. The zero-order valence-electron chi connectivity index (χ0n) is 10.0. The van der Waals surface area contributed by atoms with Gasteiger partial charge in [0.25, 0.3) is 5.56 Å². The molecule has 0 spiro atoms. The molecule has 0 saturated heterocycles. The standard InChI is InChI=1S/C13H14ClN3O/c1-2-15-8-9-7-12(18)17-13(16-9)10-5-3-4-6-11(10)14/h3-7,15H,2,8H2,1H3,(H,16,17,18). The number of hydrogen-bond acceptors (Lipinski definition) is 3. The van der Waals surface area contributed by atoms with Crippen LogP contribution in [0.5, 0.6) is 0 Å². The largest absolute Gasteiger partial charge is 0.311 e. The summed E-state index contributed by atoms with van der Waals surface area (Å²) < 4.78 is 0. The summed E-state index contributed by atoms with van der Waals surface area (Å²) in [5.41, 5.74) is 1.26. The number of benzene rings is 1. The summed E-state index contributed by atoms with van der Waals surface area (Å²) in [7, 11) is 0. The van der Waals surface area contributed by atoms with E-state index in [1.54, 1.807) is 6.07 Å². The summed E-state index contributed by atoms with van der Waals surface area (Å²) in [6, 6.07) is 8.79. The lowest BCUT2D eigenvalue weighted by atomic mass is 10.2. The van der Waals surface area contributed by atoms with Crippen LogP contribution in [-0.4, -0.2) is 16.5 Å². The molecule has 0 bridgehead atoms. The Kier molecular flexibility index (Phi) is 4.12. The molecule has 0 saturated carbocycles. The zero-order valence-corrected chi connectivity index (χ0v) is 10.8. The lowest BCUT2D eigenvalue weighted by Crippen LogP contribution is -2.17. The fourth-order valence-corrected chi connectivity index (χ4v) is 1.86. The van der Waals surface area contributed by atoms with Crippen molar-refractivity contribution in [2.75, 3.05) is 6.54 Å². The van der Waals surface area contributed by atoms with E-state index < -0.39 is 0 Å². The van der Waals surface area contributed by atoms with Gasteiger partial charge in [0.2, 0.25) is 0 Å².